The summed E-state index contributed by atoms with van der Waals surface area (Å²) in [5.74, 6) is 1.04. The van der Waals surface area contributed by atoms with Crippen molar-refractivity contribution in [2.24, 2.45) is 11.8 Å². The van der Waals surface area contributed by atoms with Gasteiger partial charge >= 0.3 is 0 Å². The van der Waals surface area contributed by atoms with Gasteiger partial charge in [0.1, 0.15) is 0 Å². The number of carbonyl (C=O) groups is 2. The number of likely N-dealkylation sites (N-methyl/N-ethyl adjacent to an activating group) is 1. The second-order valence-electron chi connectivity index (χ2n) is 7.53. The van der Waals surface area contributed by atoms with E-state index in [1.54, 1.807) is 11.9 Å². The Hall–Kier alpha value is -1.88. The number of nitrogens with one attached hydrogen (secondary N) is 2. The number of hydrogen-bond donors (Lipinski definition) is 2. The fourth-order valence-electron chi connectivity index (χ4n) is 3.42. The summed E-state index contributed by atoms with van der Waals surface area (Å²) in [5.41, 5.74) is 1.93. The predicted octanol–water partition coefficient (Wildman–Crippen LogP) is 2.81. The maximum Gasteiger partial charge on any atom is 0.238 e. The number of nitrogens with zero attached hydrogens (tertiary/aromatic N) is 1. The van der Waals surface area contributed by atoms with E-state index in [0.717, 1.165) is 17.7 Å². The van der Waals surface area contributed by atoms with E-state index in [9.17, 15) is 9.59 Å². The Balaban J connectivity index is 1.75. The number of amides is 2. The molecule has 1 aromatic carbocycles. The van der Waals surface area contributed by atoms with Crippen molar-refractivity contribution in [1.82, 2.24) is 10.2 Å². The SMILES string of the molecule is Cc1ccc(NC(=O)CN(C)CC(=O)NC2CCCC(C)C2C)cc1. The molecule has 2 amide bonds. The van der Waals surface area contributed by atoms with Crippen LogP contribution >= 0.6 is 0 Å². The van der Waals surface area contributed by atoms with Gasteiger partial charge in [-0.05, 0) is 44.4 Å². The highest BCUT2D eigenvalue weighted by molar-refractivity contribution is 5.92. The summed E-state index contributed by atoms with van der Waals surface area (Å²) >= 11 is 0. The molecule has 1 aliphatic rings. The number of rotatable bonds is 6. The van der Waals surface area contributed by atoms with Crippen molar-refractivity contribution < 1.29 is 9.59 Å². The maximum atomic E-state index is 12.3. The maximum absolute atomic E-state index is 12.3. The van der Waals surface area contributed by atoms with Crippen molar-refractivity contribution in [3.05, 3.63) is 29.8 Å². The van der Waals surface area contributed by atoms with Crippen LogP contribution in [-0.4, -0.2) is 42.9 Å². The van der Waals surface area contributed by atoms with Crippen molar-refractivity contribution in [1.29, 1.82) is 0 Å². The molecular weight excluding hydrogens is 314 g/mol. The lowest BCUT2D eigenvalue weighted by atomic mass is 9.78. The highest BCUT2D eigenvalue weighted by Gasteiger charge is 2.28. The predicted molar refractivity (Wildman–Crippen MR) is 101 cm³/mol. The highest BCUT2D eigenvalue weighted by atomic mass is 16.2. The summed E-state index contributed by atoms with van der Waals surface area (Å²) in [6.07, 6.45) is 3.47. The minimum atomic E-state index is -0.112. The lowest BCUT2D eigenvalue weighted by Gasteiger charge is -2.34. The number of aryl methyl sites for hydroxylation is 1. The normalized spacial score (nSPS) is 23.3. The van der Waals surface area contributed by atoms with Crippen LogP contribution in [0.4, 0.5) is 5.69 Å². The second-order valence-corrected chi connectivity index (χ2v) is 7.53. The third kappa shape index (κ3) is 6.16. The molecule has 3 atom stereocenters. The summed E-state index contributed by atoms with van der Waals surface area (Å²) in [4.78, 5) is 26.1. The monoisotopic (exact) mass is 345 g/mol. The van der Waals surface area contributed by atoms with Crippen LogP contribution < -0.4 is 10.6 Å². The Morgan fingerprint density at radius 2 is 1.72 bits per heavy atom. The Kier molecular flexibility index (Phi) is 7.00. The largest absolute Gasteiger partial charge is 0.352 e. The van der Waals surface area contributed by atoms with E-state index in [-0.39, 0.29) is 30.9 Å². The van der Waals surface area contributed by atoms with Crippen molar-refractivity contribution in [3.8, 4) is 0 Å². The Labute approximate surface area is 151 Å². The summed E-state index contributed by atoms with van der Waals surface area (Å²) in [5, 5.41) is 6.00. The van der Waals surface area contributed by atoms with Crippen molar-refractivity contribution in [2.45, 2.75) is 46.1 Å². The minimum Gasteiger partial charge on any atom is -0.352 e. The molecule has 3 unspecified atom stereocenters. The van der Waals surface area contributed by atoms with E-state index in [4.69, 9.17) is 0 Å². The third-order valence-corrected chi connectivity index (χ3v) is 5.22. The van der Waals surface area contributed by atoms with Gasteiger partial charge in [0.2, 0.25) is 11.8 Å². The van der Waals surface area contributed by atoms with Crippen molar-refractivity contribution in [2.75, 3.05) is 25.5 Å². The van der Waals surface area contributed by atoms with E-state index in [0.29, 0.717) is 11.8 Å². The molecule has 0 heterocycles. The molecule has 0 aromatic heterocycles. The Morgan fingerprint density at radius 1 is 1.08 bits per heavy atom. The van der Waals surface area contributed by atoms with Crippen LogP contribution in [0, 0.1) is 18.8 Å². The summed E-state index contributed by atoms with van der Waals surface area (Å²) < 4.78 is 0. The van der Waals surface area contributed by atoms with Crippen LogP contribution in [0.5, 0.6) is 0 Å². The topological polar surface area (TPSA) is 61.4 Å². The highest BCUT2D eigenvalue weighted by Crippen LogP contribution is 2.29. The molecule has 5 heteroatoms. The average molecular weight is 345 g/mol. The molecule has 2 rings (SSSR count). The first-order valence-corrected chi connectivity index (χ1v) is 9.19. The summed E-state index contributed by atoms with van der Waals surface area (Å²) in [6, 6.07) is 7.93. The van der Waals surface area contributed by atoms with Crippen LogP contribution in [0.15, 0.2) is 24.3 Å². The average Bonchev–Trinajstić information content (AvgIpc) is 2.53. The van der Waals surface area contributed by atoms with Crippen molar-refractivity contribution in [3.63, 3.8) is 0 Å². The molecular formula is C20H31N3O2. The molecule has 0 aliphatic heterocycles. The molecule has 1 saturated carbocycles. The quantitative estimate of drug-likeness (QED) is 0.833. The van der Waals surface area contributed by atoms with Gasteiger partial charge in [-0.25, -0.2) is 0 Å². The first-order chi connectivity index (χ1) is 11.8. The molecule has 1 aliphatic carbocycles. The van der Waals surface area contributed by atoms with Gasteiger partial charge in [0.05, 0.1) is 13.1 Å². The number of carbonyl (C=O) groups excluding carboxylic acids is 2. The van der Waals surface area contributed by atoms with Crippen LogP contribution in [0.2, 0.25) is 0 Å². The second kappa shape index (κ2) is 8.99. The lowest BCUT2D eigenvalue weighted by molar-refractivity contribution is -0.124. The van der Waals surface area contributed by atoms with E-state index in [2.05, 4.69) is 24.5 Å². The smallest absolute Gasteiger partial charge is 0.238 e. The van der Waals surface area contributed by atoms with Gasteiger partial charge in [-0.1, -0.05) is 44.4 Å². The van der Waals surface area contributed by atoms with E-state index in [1.807, 2.05) is 31.2 Å². The van der Waals surface area contributed by atoms with Gasteiger partial charge in [-0.3, -0.25) is 14.5 Å². The minimum absolute atomic E-state index is 0.00316. The van der Waals surface area contributed by atoms with E-state index >= 15 is 0 Å². The zero-order valence-electron chi connectivity index (χ0n) is 15.8. The lowest BCUT2D eigenvalue weighted by Crippen LogP contribution is -2.47. The molecule has 0 radical (unpaired) electrons. The molecule has 2 N–H and O–H groups in total. The summed E-state index contributed by atoms with van der Waals surface area (Å²) in [6.45, 7) is 6.90. The van der Waals surface area contributed by atoms with Gasteiger partial charge < -0.3 is 10.6 Å². The van der Waals surface area contributed by atoms with Gasteiger partial charge in [-0.2, -0.15) is 0 Å². The van der Waals surface area contributed by atoms with Crippen molar-refractivity contribution >= 4 is 17.5 Å². The van der Waals surface area contributed by atoms with Gasteiger partial charge in [0.25, 0.3) is 0 Å². The molecule has 25 heavy (non-hydrogen) atoms. The molecule has 1 aromatic rings. The Morgan fingerprint density at radius 3 is 2.40 bits per heavy atom. The standard InChI is InChI=1S/C20H31N3O2/c1-14-8-10-17(11-9-14)21-19(24)12-23(4)13-20(25)22-18-7-5-6-15(2)16(18)3/h8-11,15-16,18H,5-7,12-13H2,1-4H3,(H,21,24)(H,22,25). The number of hydrogen-bond acceptors (Lipinski definition) is 3. The molecule has 5 nitrogen and oxygen atoms in total. The van der Waals surface area contributed by atoms with Crippen LogP contribution in [0.1, 0.15) is 38.7 Å². The van der Waals surface area contributed by atoms with Crippen LogP contribution in [0.3, 0.4) is 0 Å². The fourth-order valence-corrected chi connectivity index (χ4v) is 3.42. The summed E-state index contributed by atoms with van der Waals surface area (Å²) in [7, 11) is 1.79. The molecule has 138 valence electrons. The molecule has 1 fully saturated rings. The zero-order chi connectivity index (χ0) is 18.4. The van der Waals surface area contributed by atoms with Gasteiger partial charge in [0.15, 0.2) is 0 Å². The molecule has 0 spiro atoms. The van der Waals surface area contributed by atoms with Gasteiger partial charge in [-0.15, -0.1) is 0 Å². The number of benzene rings is 1. The number of anilines is 1. The van der Waals surface area contributed by atoms with Gasteiger partial charge in [0, 0.05) is 11.7 Å². The fraction of sp³-hybridized carbons (Fsp3) is 0.600. The zero-order valence-corrected chi connectivity index (χ0v) is 15.8. The van der Waals surface area contributed by atoms with E-state index in [1.165, 1.54) is 12.8 Å². The van der Waals surface area contributed by atoms with E-state index < -0.39 is 0 Å². The molecule has 0 saturated heterocycles. The molecule has 0 bridgehead atoms. The first kappa shape index (κ1) is 19.4. The third-order valence-electron chi connectivity index (χ3n) is 5.22. The van der Waals surface area contributed by atoms with Crippen LogP contribution in [-0.2, 0) is 9.59 Å². The Bertz CT molecular complexity index is 585. The van der Waals surface area contributed by atoms with Crippen LogP contribution in [0.25, 0.3) is 0 Å². The first-order valence-electron chi connectivity index (χ1n) is 9.19.